The molecule has 5 rings (SSSR count). The minimum Gasteiger partial charge on any atom is -0.493 e. The first-order valence-electron chi connectivity index (χ1n) is 12.1. The number of nitrogens with one attached hydrogen (secondary N) is 1. The van der Waals surface area contributed by atoms with Gasteiger partial charge < -0.3 is 19.5 Å². The summed E-state index contributed by atoms with van der Waals surface area (Å²) in [6.07, 6.45) is 0. The largest absolute Gasteiger partial charge is 0.493 e. The second kappa shape index (κ2) is 10.3. The minimum atomic E-state index is -0.766. The number of dihydropyridines is 1. The molecule has 194 valence electrons. The summed E-state index contributed by atoms with van der Waals surface area (Å²) in [4.78, 5) is 26.8. The Morgan fingerprint density at radius 1 is 1.08 bits per heavy atom. The maximum atomic E-state index is 14.1. The van der Waals surface area contributed by atoms with E-state index in [1.165, 1.54) is 13.2 Å². The molecule has 0 bridgehead atoms. The van der Waals surface area contributed by atoms with Crippen LogP contribution in [0.2, 0.25) is 5.02 Å². The van der Waals surface area contributed by atoms with Crippen LogP contribution in [0, 0.1) is 5.82 Å². The van der Waals surface area contributed by atoms with Gasteiger partial charge in [-0.25, -0.2) is 9.18 Å². The number of rotatable bonds is 7. The predicted molar refractivity (Wildman–Crippen MR) is 142 cm³/mol. The molecule has 6 nitrogen and oxygen atoms in total. The number of hydrogen-bond acceptors (Lipinski definition) is 6. The molecule has 1 N–H and O–H groups in total. The monoisotopic (exact) mass is 533 g/mol. The Kier molecular flexibility index (Phi) is 6.95. The minimum absolute atomic E-state index is 0.0639. The quantitative estimate of drug-likeness (QED) is 0.365. The number of halogens is 2. The van der Waals surface area contributed by atoms with Crippen LogP contribution >= 0.6 is 11.6 Å². The van der Waals surface area contributed by atoms with Gasteiger partial charge in [0.15, 0.2) is 17.3 Å². The summed E-state index contributed by atoms with van der Waals surface area (Å²) in [6.45, 7) is 3.61. The molecule has 2 aliphatic rings. The number of carbonyl (C=O) groups excluding carboxylic acids is 2. The van der Waals surface area contributed by atoms with E-state index in [-0.39, 0.29) is 35.5 Å². The van der Waals surface area contributed by atoms with Crippen molar-refractivity contribution in [1.82, 2.24) is 5.32 Å². The van der Waals surface area contributed by atoms with E-state index in [0.29, 0.717) is 39.2 Å². The molecule has 38 heavy (non-hydrogen) atoms. The Morgan fingerprint density at radius 3 is 2.50 bits per heavy atom. The van der Waals surface area contributed by atoms with Gasteiger partial charge in [-0.15, -0.1) is 0 Å². The lowest BCUT2D eigenvalue weighted by atomic mass is 9.79. The van der Waals surface area contributed by atoms with Crippen molar-refractivity contribution in [2.24, 2.45) is 0 Å². The molecule has 0 aromatic heterocycles. The number of ether oxygens (including phenoxy) is 3. The Labute approximate surface area is 224 Å². The molecule has 8 heteroatoms. The lowest BCUT2D eigenvalue weighted by molar-refractivity contribution is -0.138. The summed E-state index contributed by atoms with van der Waals surface area (Å²) in [6, 6.07) is 16.9. The van der Waals surface area contributed by atoms with Gasteiger partial charge in [0.1, 0.15) is 12.4 Å². The van der Waals surface area contributed by atoms with Crippen LogP contribution < -0.4 is 14.8 Å². The molecule has 1 aliphatic heterocycles. The third kappa shape index (κ3) is 4.33. The highest BCUT2D eigenvalue weighted by Crippen LogP contribution is 2.49. The molecule has 3 aromatic rings. The van der Waals surface area contributed by atoms with Crippen LogP contribution in [-0.4, -0.2) is 25.5 Å². The molecule has 0 saturated carbocycles. The molecular weight excluding hydrogens is 509 g/mol. The number of esters is 1. The predicted octanol–water partition coefficient (Wildman–Crippen LogP) is 6.20. The van der Waals surface area contributed by atoms with E-state index in [9.17, 15) is 14.0 Å². The van der Waals surface area contributed by atoms with Crippen molar-refractivity contribution in [3.8, 4) is 11.5 Å². The number of hydrogen-bond donors (Lipinski definition) is 1. The highest BCUT2D eigenvalue weighted by atomic mass is 35.5. The average Bonchev–Trinajstić information content (AvgIpc) is 3.19. The highest BCUT2D eigenvalue weighted by molar-refractivity contribution is 6.32. The van der Waals surface area contributed by atoms with Gasteiger partial charge in [0.2, 0.25) is 0 Å². The summed E-state index contributed by atoms with van der Waals surface area (Å²) in [5.74, 6) is -1.37. The van der Waals surface area contributed by atoms with E-state index in [0.717, 1.165) is 5.56 Å². The summed E-state index contributed by atoms with van der Waals surface area (Å²) in [5, 5.41) is 3.46. The van der Waals surface area contributed by atoms with Crippen molar-refractivity contribution in [3.63, 3.8) is 0 Å². The smallest absolute Gasteiger partial charge is 0.336 e. The zero-order chi connectivity index (χ0) is 27.0. The van der Waals surface area contributed by atoms with Crippen LogP contribution in [0.15, 0.2) is 77.5 Å². The third-order valence-corrected chi connectivity index (χ3v) is 6.94. The maximum absolute atomic E-state index is 14.1. The number of carbonyl (C=O) groups is 2. The van der Waals surface area contributed by atoms with E-state index < -0.39 is 17.7 Å². The van der Waals surface area contributed by atoms with Gasteiger partial charge in [0.25, 0.3) is 0 Å². The molecule has 1 aliphatic carbocycles. The first kappa shape index (κ1) is 25.5. The van der Waals surface area contributed by atoms with Crippen LogP contribution in [0.5, 0.6) is 11.5 Å². The lowest BCUT2D eigenvalue weighted by Gasteiger charge is -2.29. The second-order valence-electron chi connectivity index (χ2n) is 8.89. The molecule has 0 amide bonds. The molecule has 0 spiro atoms. The fraction of sp³-hybridized carbons (Fsp3) is 0.200. The SMILES string of the molecule is CCOC(=O)C1=C(C)NC2=C(C(=O)c3ccccc32)[C@@H]1c1cc(Cl)c(OCc2ccccc2F)c(OC)c1. The van der Waals surface area contributed by atoms with Crippen LogP contribution in [0.4, 0.5) is 4.39 Å². The molecule has 0 saturated heterocycles. The fourth-order valence-electron chi connectivity index (χ4n) is 4.95. The van der Waals surface area contributed by atoms with Gasteiger partial charge in [-0.2, -0.15) is 0 Å². The number of ketones is 1. The van der Waals surface area contributed by atoms with Gasteiger partial charge >= 0.3 is 5.97 Å². The van der Waals surface area contributed by atoms with Crippen molar-refractivity contribution in [1.29, 1.82) is 0 Å². The first-order chi connectivity index (χ1) is 18.3. The van der Waals surface area contributed by atoms with E-state index in [4.69, 9.17) is 25.8 Å². The van der Waals surface area contributed by atoms with E-state index in [1.54, 1.807) is 56.3 Å². The molecular formula is C30H25ClFNO5. The Balaban J connectivity index is 1.61. The van der Waals surface area contributed by atoms with E-state index in [2.05, 4.69) is 5.32 Å². The van der Waals surface area contributed by atoms with Crippen molar-refractivity contribution >= 4 is 29.1 Å². The van der Waals surface area contributed by atoms with Gasteiger partial charge in [-0.05, 0) is 37.6 Å². The van der Waals surface area contributed by atoms with Crippen LogP contribution in [0.1, 0.15) is 46.8 Å². The zero-order valence-corrected chi connectivity index (χ0v) is 21.8. The van der Waals surface area contributed by atoms with Gasteiger partial charge in [-0.1, -0.05) is 54.1 Å². The molecule has 0 unspecified atom stereocenters. The number of benzene rings is 3. The number of methoxy groups -OCH3 is 1. The number of Topliss-reactive ketones (excluding diaryl/α,β-unsaturated/α-hetero) is 1. The Bertz CT molecular complexity index is 1530. The molecule has 0 radical (unpaired) electrons. The van der Waals surface area contributed by atoms with Crippen molar-refractivity contribution in [2.45, 2.75) is 26.4 Å². The molecule has 1 heterocycles. The topological polar surface area (TPSA) is 73.9 Å². The summed E-state index contributed by atoms with van der Waals surface area (Å²) in [5.41, 5.74) is 4.20. The highest BCUT2D eigenvalue weighted by Gasteiger charge is 2.43. The zero-order valence-electron chi connectivity index (χ0n) is 21.1. The number of allylic oxidation sites excluding steroid dienone is 2. The van der Waals surface area contributed by atoms with Gasteiger partial charge in [0, 0.05) is 33.9 Å². The first-order valence-corrected chi connectivity index (χ1v) is 12.5. The molecule has 0 fully saturated rings. The molecule has 1 atom stereocenters. The van der Waals surface area contributed by atoms with Crippen molar-refractivity contribution in [3.05, 3.63) is 111 Å². The average molecular weight is 534 g/mol. The van der Waals surface area contributed by atoms with E-state index >= 15 is 0 Å². The molecule has 3 aromatic carbocycles. The Hall–Kier alpha value is -4.10. The number of fused-ring (bicyclic) bond motifs is 2. The van der Waals surface area contributed by atoms with Gasteiger partial charge in [-0.3, -0.25) is 4.79 Å². The Morgan fingerprint density at radius 2 is 1.79 bits per heavy atom. The van der Waals surface area contributed by atoms with Crippen LogP contribution in [0.25, 0.3) is 5.70 Å². The van der Waals surface area contributed by atoms with Crippen molar-refractivity contribution in [2.75, 3.05) is 13.7 Å². The van der Waals surface area contributed by atoms with Crippen LogP contribution in [-0.2, 0) is 16.1 Å². The summed E-state index contributed by atoms with van der Waals surface area (Å²) >= 11 is 6.68. The normalized spacial score (nSPS) is 16.1. The standard InChI is InChI=1S/C30H25ClFNO5/c1-4-37-30(35)24-16(2)33-27-19-10-6-7-11-20(19)28(34)26(27)25(24)18-13-21(31)29(23(14-18)36-3)38-15-17-9-5-8-12-22(17)32/h5-14,25,33H,4,15H2,1-3H3/t25-/m1/s1. The van der Waals surface area contributed by atoms with Crippen molar-refractivity contribution < 1.29 is 28.2 Å². The van der Waals surface area contributed by atoms with Gasteiger partial charge in [0.05, 0.1) is 30.0 Å². The van der Waals surface area contributed by atoms with Crippen LogP contribution in [0.3, 0.4) is 0 Å². The summed E-state index contributed by atoms with van der Waals surface area (Å²) in [7, 11) is 1.46. The van der Waals surface area contributed by atoms with E-state index in [1.807, 2.05) is 12.1 Å². The fourth-order valence-corrected chi connectivity index (χ4v) is 5.23. The second-order valence-corrected chi connectivity index (χ2v) is 9.30. The lowest BCUT2D eigenvalue weighted by Crippen LogP contribution is -2.29. The maximum Gasteiger partial charge on any atom is 0.336 e. The third-order valence-electron chi connectivity index (χ3n) is 6.66. The summed E-state index contributed by atoms with van der Waals surface area (Å²) < 4.78 is 31.0.